The van der Waals surface area contributed by atoms with E-state index in [2.05, 4.69) is 15.6 Å². The molecule has 1 aliphatic carbocycles. The first-order valence-corrected chi connectivity index (χ1v) is 7.73. The normalized spacial score (nSPS) is 16.4. The van der Waals surface area contributed by atoms with Gasteiger partial charge in [-0.25, -0.2) is 4.79 Å². The minimum absolute atomic E-state index is 0.114. The first-order chi connectivity index (χ1) is 10.3. The van der Waals surface area contributed by atoms with Gasteiger partial charge < -0.3 is 10.6 Å². The minimum Gasteiger partial charge on any atom is -0.335 e. The molecule has 2 amide bonds. The fourth-order valence-corrected chi connectivity index (χ4v) is 2.92. The second-order valence-electron chi connectivity index (χ2n) is 5.70. The predicted octanol–water partition coefficient (Wildman–Crippen LogP) is 4.08. The lowest BCUT2D eigenvalue weighted by Gasteiger charge is -2.16. The van der Waals surface area contributed by atoms with Gasteiger partial charge in [-0.05, 0) is 31.0 Å². The van der Waals surface area contributed by atoms with Crippen molar-refractivity contribution in [2.24, 2.45) is 0 Å². The number of fused-ring (bicyclic) bond motifs is 1. The maximum Gasteiger partial charge on any atom is 0.319 e. The van der Waals surface area contributed by atoms with Crippen LogP contribution in [0.4, 0.5) is 10.5 Å². The van der Waals surface area contributed by atoms with E-state index in [9.17, 15) is 4.79 Å². The molecule has 1 fully saturated rings. The number of pyridine rings is 1. The lowest BCUT2D eigenvalue weighted by atomic mass is 10.1. The van der Waals surface area contributed by atoms with E-state index >= 15 is 0 Å². The minimum atomic E-state index is -0.114. The van der Waals surface area contributed by atoms with Crippen molar-refractivity contribution < 1.29 is 4.79 Å². The molecule has 1 aromatic carbocycles. The molecule has 1 aromatic heterocycles. The standard InChI is InChI=1S/C17H21N3O/c21-17(19-14-7-3-1-2-4-8-14)20-15-10-9-13-6-5-11-18-16(13)12-15/h5-6,9-12,14H,1-4,7-8H2,(H2,19,20,21). The molecule has 0 bridgehead atoms. The molecule has 1 saturated carbocycles. The van der Waals surface area contributed by atoms with Crippen LogP contribution in [-0.4, -0.2) is 17.1 Å². The lowest BCUT2D eigenvalue weighted by Crippen LogP contribution is -2.37. The molecule has 0 atom stereocenters. The molecule has 21 heavy (non-hydrogen) atoms. The molecule has 0 saturated heterocycles. The molecule has 1 aliphatic rings. The van der Waals surface area contributed by atoms with Crippen LogP contribution in [0.2, 0.25) is 0 Å². The fraction of sp³-hybridized carbons (Fsp3) is 0.412. The van der Waals surface area contributed by atoms with Crippen molar-refractivity contribution in [2.45, 2.75) is 44.6 Å². The van der Waals surface area contributed by atoms with Crippen LogP contribution in [-0.2, 0) is 0 Å². The molecule has 0 aliphatic heterocycles. The van der Waals surface area contributed by atoms with Crippen LogP contribution in [0, 0.1) is 0 Å². The molecule has 3 rings (SSSR count). The second kappa shape index (κ2) is 6.57. The molecule has 4 heteroatoms. The van der Waals surface area contributed by atoms with Crippen LogP contribution in [0.5, 0.6) is 0 Å². The summed E-state index contributed by atoms with van der Waals surface area (Å²) in [6.45, 7) is 0. The van der Waals surface area contributed by atoms with Crippen LogP contribution in [0.25, 0.3) is 10.9 Å². The highest BCUT2D eigenvalue weighted by Crippen LogP contribution is 2.19. The van der Waals surface area contributed by atoms with E-state index < -0.39 is 0 Å². The van der Waals surface area contributed by atoms with Gasteiger partial charge in [-0.15, -0.1) is 0 Å². The third kappa shape index (κ3) is 3.72. The van der Waals surface area contributed by atoms with Gasteiger partial charge in [0.2, 0.25) is 0 Å². The molecule has 0 spiro atoms. The SMILES string of the molecule is O=C(Nc1ccc2cccnc2c1)NC1CCCCCC1. The smallest absolute Gasteiger partial charge is 0.319 e. The van der Waals surface area contributed by atoms with E-state index in [0.29, 0.717) is 6.04 Å². The number of benzene rings is 1. The van der Waals surface area contributed by atoms with Crippen molar-refractivity contribution >= 4 is 22.6 Å². The molecule has 2 aromatic rings. The van der Waals surface area contributed by atoms with Crippen molar-refractivity contribution in [2.75, 3.05) is 5.32 Å². The first kappa shape index (κ1) is 13.9. The van der Waals surface area contributed by atoms with Gasteiger partial charge in [0.1, 0.15) is 0 Å². The third-order valence-corrected chi connectivity index (χ3v) is 4.05. The summed E-state index contributed by atoms with van der Waals surface area (Å²) >= 11 is 0. The summed E-state index contributed by atoms with van der Waals surface area (Å²) in [5.41, 5.74) is 1.68. The molecule has 4 nitrogen and oxygen atoms in total. The molecule has 2 N–H and O–H groups in total. The average Bonchev–Trinajstić information content (AvgIpc) is 2.75. The topological polar surface area (TPSA) is 54.0 Å². The molecular weight excluding hydrogens is 262 g/mol. The largest absolute Gasteiger partial charge is 0.335 e. The van der Waals surface area contributed by atoms with Crippen molar-refractivity contribution in [3.8, 4) is 0 Å². The Hall–Kier alpha value is -2.10. The Morgan fingerprint density at radius 3 is 2.71 bits per heavy atom. The number of hydrogen-bond donors (Lipinski definition) is 2. The highest BCUT2D eigenvalue weighted by Gasteiger charge is 2.14. The van der Waals surface area contributed by atoms with Gasteiger partial charge in [0.05, 0.1) is 5.52 Å². The zero-order valence-electron chi connectivity index (χ0n) is 12.1. The number of amides is 2. The van der Waals surface area contributed by atoms with Crippen LogP contribution in [0.1, 0.15) is 38.5 Å². The Bertz CT molecular complexity index is 618. The molecule has 0 radical (unpaired) electrons. The van der Waals surface area contributed by atoms with Crippen LogP contribution in [0.15, 0.2) is 36.5 Å². The lowest BCUT2D eigenvalue weighted by molar-refractivity contribution is 0.247. The second-order valence-corrected chi connectivity index (χ2v) is 5.70. The predicted molar refractivity (Wildman–Crippen MR) is 85.4 cm³/mol. The maximum absolute atomic E-state index is 12.1. The molecule has 0 unspecified atom stereocenters. The van der Waals surface area contributed by atoms with Gasteiger partial charge in [0.15, 0.2) is 0 Å². The number of anilines is 1. The summed E-state index contributed by atoms with van der Waals surface area (Å²) in [6, 6.07) is 9.91. The van der Waals surface area contributed by atoms with E-state index in [1.165, 1.54) is 25.7 Å². The quantitative estimate of drug-likeness (QED) is 0.816. The van der Waals surface area contributed by atoms with E-state index in [4.69, 9.17) is 0 Å². The Morgan fingerprint density at radius 1 is 1.10 bits per heavy atom. The van der Waals surface area contributed by atoms with Gasteiger partial charge in [-0.2, -0.15) is 0 Å². The van der Waals surface area contributed by atoms with Gasteiger partial charge in [0, 0.05) is 23.3 Å². The number of hydrogen-bond acceptors (Lipinski definition) is 2. The summed E-state index contributed by atoms with van der Waals surface area (Å²) in [5, 5.41) is 7.07. The number of urea groups is 1. The summed E-state index contributed by atoms with van der Waals surface area (Å²) in [6.07, 6.45) is 8.94. The third-order valence-electron chi connectivity index (χ3n) is 4.05. The van der Waals surface area contributed by atoms with E-state index in [1.54, 1.807) is 6.20 Å². The molecule has 1 heterocycles. The average molecular weight is 283 g/mol. The highest BCUT2D eigenvalue weighted by atomic mass is 16.2. The number of nitrogens with one attached hydrogen (secondary N) is 2. The number of rotatable bonds is 2. The fourth-order valence-electron chi connectivity index (χ4n) is 2.92. The van der Waals surface area contributed by atoms with Crippen LogP contribution >= 0.6 is 0 Å². The number of carbonyl (C=O) groups excluding carboxylic acids is 1. The van der Waals surface area contributed by atoms with E-state index in [0.717, 1.165) is 29.4 Å². The van der Waals surface area contributed by atoms with Crippen molar-refractivity contribution in [3.63, 3.8) is 0 Å². The zero-order valence-corrected chi connectivity index (χ0v) is 12.1. The summed E-state index contributed by atoms with van der Waals surface area (Å²) in [4.78, 5) is 16.4. The first-order valence-electron chi connectivity index (χ1n) is 7.73. The van der Waals surface area contributed by atoms with E-state index in [-0.39, 0.29) is 6.03 Å². The maximum atomic E-state index is 12.1. The number of aromatic nitrogens is 1. The number of nitrogens with zero attached hydrogens (tertiary/aromatic N) is 1. The molecular formula is C17H21N3O. The Kier molecular flexibility index (Phi) is 4.34. The Morgan fingerprint density at radius 2 is 1.90 bits per heavy atom. The Balaban J connectivity index is 1.62. The summed E-state index contributed by atoms with van der Waals surface area (Å²) in [5.74, 6) is 0. The highest BCUT2D eigenvalue weighted by molar-refractivity contribution is 5.92. The van der Waals surface area contributed by atoms with E-state index in [1.807, 2.05) is 30.3 Å². The van der Waals surface area contributed by atoms with Gasteiger partial charge in [-0.1, -0.05) is 37.8 Å². The van der Waals surface area contributed by atoms with Crippen LogP contribution < -0.4 is 10.6 Å². The monoisotopic (exact) mass is 283 g/mol. The van der Waals surface area contributed by atoms with Crippen molar-refractivity contribution in [3.05, 3.63) is 36.5 Å². The van der Waals surface area contributed by atoms with Gasteiger partial charge in [-0.3, -0.25) is 4.98 Å². The van der Waals surface area contributed by atoms with Crippen LogP contribution in [0.3, 0.4) is 0 Å². The van der Waals surface area contributed by atoms with Crippen molar-refractivity contribution in [1.29, 1.82) is 0 Å². The number of carbonyl (C=O) groups is 1. The summed E-state index contributed by atoms with van der Waals surface area (Å²) < 4.78 is 0. The Labute approximate surface area is 125 Å². The van der Waals surface area contributed by atoms with Crippen molar-refractivity contribution in [1.82, 2.24) is 10.3 Å². The van der Waals surface area contributed by atoms with Gasteiger partial charge in [0.25, 0.3) is 0 Å². The molecule has 110 valence electrons. The van der Waals surface area contributed by atoms with Gasteiger partial charge >= 0.3 is 6.03 Å². The summed E-state index contributed by atoms with van der Waals surface area (Å²) in [7, 11) is 0. The zero-order chi connectivity index (χ0) is 14.5.